The maximum Gasteiger partial charge on any atom is 0.293 e. The van der Waals surface area contributed by atoms with Crippen LogP contribution in [0.4, 0.5) is 11.4 Å². The Morgan fingerprint density at radius 1 is 1.22 bits per heavy atom. The first-order chi connectivity index (χ1) is 12.8. The zero-order valence-corrected chi connectivity index (χ0v) is 15.7. The molecule has 3 rings (SSSR count). The van der Waals surface area contributed by atoms with Crippen LogP contribution in [0.5, 0.6) is 0 Å². The van der Waals surface area contributed by atoms with Gasteiger partial charge in [-0.2, -0.15) is 4.31 Å². The van der Waals surface area contributed by atoms with E-state index < -0.39 is 26.9 Å². The fourth-order valence-electron chi connectivity index (χ4n) is 3.49. The summed E-state index contributed by atoms with van der Waals surface area (Å²) in [5, 5.41) is 14.6. The Kier molecular flexibility index (Phi) is 5.63. The number of nitro groups is 1. The molecule has 2 fully saturated rings. The molecule has 0 spiro atoms. The Bertz CT molecular complexity index is 838. The summed E-state index contributed by atoms with van der Waals surface area (Å²) in [5.41, 5.74) is 5.31. The summed E-state index contributed by atoms with van der Waals surface area (Å²) in [6.45, 7) is 1.93. The molecule has 1 unspecified atom stereocenters. The lowest BCUT2D eigenvalue weighted by Crippen LogP contribution is -2.56. The van der Waals surface area contributed by atoms with Crippen molar-refractivity contribution in [2.24, 2.45) is 5.73 Å². The van der Waals surface area contributed by atoms with Gasteiger partial charge in [0.1, 0.15) is 11.7 Å². The number of primary amides is 1. The first-order valence-corrected chi connectivity index (χ1v) is 10.3. The first kappa shape index (κ1) is 19.5. The molecule has 0 radical (unpaired) electrons. The lowest BCUT2D eigenvalue weighted by Gasteiger charge is -2.33. The zero-order valence-electron chi connectivity index (χ0n) is 14.8. The molecule has 1 atom stereocenters. The van der Waals surface area contributed by atoms with Gasteiger partial charge in [-0.25, -0.2) is 8.42 Å². The quantitative estimate of drug-likeness (QED) is 0.528. The van der Waals surface area contributed by atoms with E-state index in [1.54, 1.807) is 4.90 Å². The average Bonchev–Trinajstić information content (AvgIpc) is 2.68. The third-order valence-corrected chi connectivity index (χ3v) is 6.85. The molecule has 2 saturated heterocycles. The SMILES string of the molecule is NC(=O)C1CN(c2ccc(S(=O)(=O)N3CCCCC3)cc2[N+](=O)[O-])CCN1. The Hall–Kier alpha value is -2.24. The van der Waals surface area contributed by atoms with Gasteiger partial charge >= 0.3 is 0 Å². The van der Waals surface area contributed by atoms with Crippen molar-refractivity contribution in [2.75, 3.05) is 37.6 Å². The lowest BCUT2D eigenvalue weighted by molar-refractivity contribution is -0.384. The van der Waals surface area contributed by atoms with Gasteiger partial charge in [-0.05, 0) is 25.0 Å². The van der Waals surface area contributed by atoms with Crippen LogP contribution in [0.1, 0.15) is 19.3 Å². The van der Waals surface area contributed by atoms with E-state index in [2.05, 4.69) is 5.32 Å². The average molecular weight is 397 g/mol. The Balaban J connectivity index is 1.93. The van der Waals surface area contributed by atoms with Crippen molar-refractivity contribution in [3.63, 3.8) is 0 Å². The monoisotopic (exact) mass is 397 g/mol. The number of hydrogen-bond acceptors (Lipinski definition) is 7. The highest BCUT2D eigenvalue weighted by molar-refractivity contribution is 7.89. The highest BCUT2D eigenvalue weighted by atomic mass is 32.2. The zero-order chi connectivity index (χ0) is 19.6. The summed E-state index contributed by atoms with van der Waals surface area (Å²) in [6.07, 6.45) is 2.55. The van der Waals surface area contributed by atoms with Gasteiger partial charge < -0.3 is 16.0 Å². The van der Waals surface area contributed by atoms with Gasteiger partial charge in [-0.1, -0.05) is 6.42 Å². The molecule has 2 aliphatic rings. The van der Waals surface area contributed by atoms with Crippen molar-refractivity contribution in [3.05, 3.63) is 28.3 Å². The molecule has 0 saturated carbocycles. The number of sulfonamides is 1. The summed E-state index contributed by atoms with van der Waals surface area (Å²) in [6, 6.07) is 3.34. The molecule has 1 amide bonds. The molecule has 2 aliphatic heterocycles. The Morgan fingerprint density at radius 2 is 1.93 bits per heavy atom. The summed E-state index contributed by atoms with van der Waals surface area (Å²) >= 11 is 0. The minimum absolute atomic E-state index is 0.0820. The predicted octanol–water partition coefficient (Wildman–Crippen LogP) is 0.0329. The molecule has 1 aromatic carbocycles. The first-order valence-electron chi connectivity index (χ1n) is 8.87. The van der Waals surface area contributed by atoms with Crippen LogP contribution < -0.4 is 16.0 Å². The molecule has 0 aliphatic carbocycles. The van der Waals surface area contributed by atoms with Crippen molar-refractivity contribution in [3.8, 4) is 0 Å². The molecule has 3 N–H and O–H groups in total. The van der Waals surface area contributed by atoms with E-state index in [0.29, 0.717) is 26.2 Å². The summed E-state index contributed by atoms with van der Waals surface area (Å²) in [7, 11) is -3.77. The number of nitrogens with one attached hydrogen (secondary N) is 1. The number of piperidine rings is 1. The lowest BCUT2D eigenvalue weighted by atomic mass is 10.1. The molecule has 11 heteroatoms. The van der Waals surface area contributed by atoms with Gasteiger partial charge in [-0.15, -0.1) is 0 Å². The second kappa shape index (κ2) is 7.79. The van der Waals surface area contributed by atoms with Gasteiger partial charge in [0.25, 0.3) is 5.69 Å². The van der Waals surface area contributed by atoms with Gasteiger partial charge in [0, 0.05) is 38.8 Å². The van der Waals surface area contributed by atoms with Crippen molar-refractivity contribution in [1.29, 1.82) is 0 Å². The maximum absolute atomic E-state index is 12.8. The van der Waals surface area contributed by atoms with Crippen LogP contribution in [-0.4, -0.2) is 62.3 Å². The van der Waals surface area contributed by atoms with Gasteiger partial charge in [0.05, 0.1) is 9.82 Å². The largest absolute Gasteiger partial charge is 0.368 e. The minimum Gasteiger partial charge on any atom is -0.368 e. The number of carbonyl (C=O) groups is 1. The number of amides is 1. The van der Waals surface area contributed by atoms with E-state index in [1.165, 1.54) is 16.4 Å². The normalized spacial score (nSPS) is 21.8. The number of nitrogens with zero attached hydrogens (tertiary/aromatic N) is 3. The van der Waals surface area contributed by atoms with E-state index in [-0.39, 0.29) is 22.8 Å². The molecule has 1 aromatic rings. The second-order valence-corrected chi connectivity index (χ2v) is 8.67. The van der Waals surface area contributed by atoms with E-state index in [9.17, 15) is 23.3 Å². The number of anilines is 1. The van der Waals surface area contributed by atoms with E-state index >= 15 is 0 Å². The molecular weight excluding hydrogens is 374 g/mol. The predicted molar refractivity (Wildman–Crippen MR) is 98.9 cm³/mol. The number of piperazine rings is 1. The van der Waals surface area contributed by atoms with Crippen molar-refractivity contribution >= 4 is 27.3 Å². The number of nitrogens with two attached hydrogens (primary N) is 1. The standard InChI is InChI=1S/C16H23N5O5S/c17-16(22)13-11-19(9-6-18-13)14-5-4-12(10-15(14)21(23)24)27(25,26)20-7-2-1-3-8-20/h4-5,10,13,18H,1-3,6-9,11H2,(H2,17,22). The molecule has 10 nitrogen and oxygen atoms in total. The highest BCUT2D eigenvalue weighted by Crippen LogP contribution is 2.33. The number of carbonyl (C=O) groups excluding carboxylic acids is 1. The third-order valence-electron chi connectivity index (χ3n) is 4.96. The molecule has 0 bridgehead atoms. The van der Waals surface area contributed by atoms with Gasteiger partial charge in [0.2, 0.25) is 15.9 Å². The number of benzene rings is 1. The number of rotatable bonds is 5. The van der Waals surface area contributed by atoms with Crippen LogP contribution in [0.15, 0.2) is 23.1 Å². The summed E-state index contributed by atoms with van der Waals surface area (Å²) < 4.78 is 27.0. The maximum atomic E-state index is 12.8. The van der Waals surface area contributed by atoms with Gasteiger partial charge in [-0.3, -0.25) is 14.9 Å². The van der Waals surface area contributed by atoms with Crippen LogP contribution in [0.25, 0.3) is 0 Å². The second-order valence-electron chi connectivity index (χ2n) is 6.73. The van der Waals surface area contributed by atoms with Crippen LogP contribution in [0, 0.1) is 10.1 Å². The van der Waals surface area contributed by atoms with Crippen molar-refractivity contribution in [1.82, 2.24) is 9.62 Å². The summed E-state index contributed by atoms with van der Waals surface area (Å²) in [4.78, 5) is 24.0. The Labute approximate surface area is 157 Å². The van der Waals surface area contributed by atoms with Crippen LogP contribution >= 0.6 is 0 Å². The van der Waals surface area contributed by atoms with E-state index in [1.807, 2.05) is 0 Å². The molecular formula is C16H23N5O5S. The van der Waals surface area contributed by atoms with E-state index in [0.717, 1.165) is 25.3 Å². The Morgan fingerprint density at radius 3 is 2.56 bits per heavy atom. The fraction of sp³-hybridized carbons (Fsp3) is 0.562. The minimum atomic E-state index is -3.77. The molecule has 0 aromatic heterocycles. The number of hydrogen-bond donors (Lipinski definition) is 2. The molecule has 2 heterocycles. The molecule has 27 heavy (non-hydrogen) atoms. The fourth-order valence-corrected chi connectivity index (χ4v) is 5.03. The van der Waals surface area contributed by atoms with Gasteiger partial charge in [0.15, 0.2) is 0 Å². The molecule has 148 valence electrons. The topological polar surface area (TPSA) is 139 Å². The van der Waals surface area contributed by atoms with Crippen LogP contribution in [0.2, 0.25) is 0 Å². The van der Waals surface area contributed by atoms with Crippen molar-refractivity contribution < 1.29 is 18.1 Å². The van der Waals surface area contributed by atoms with Crippen LogP contribution in [-0.2, 0) is 14.8 Å². The van der Waals surface area contributed by atoms with E-state index in [4.69, 9.17) is 5.73 Å². The number of nitro benzene ring substituents is 1. The van der Waals surface area contributed by atoms with Crippen molar-refractivity contribution in [2.45, 2.75) is 30.2 Å². The third kappa shape index (κ3) is 4.04. The highest BCUT2D eigenvalue weighted by Gasteiger charge is 2.31. The van der Waals surface area contributed by atoms with Crippen LogP contribution in [0.3, 0.4) is 0 Å². The summed E-state index contributed by atoms with van der Waals surface area (Å²) in [5.74, 6) is -0.536. The smallest absolute Gasteiger partial charge is 0.293 e.